The van der Waals surface area contributed by atoms with Gasteiger partial charge in [-0.25, -0.2) is 0 Å². The quantitative estimate of drug-likeness (QED) is 0.714. The third-order valence-electron chi connectivity index (χ3n) is 6.91. The van der Waals surface area contributed by atoms with Crippen LogP contribution in [0.25, 0.3) is 0 Å². The number of carbonyl (C=O) groups is 2. The molecule has 2 fully saturated rings. The highest BCUT2D eigenvalue weighted by molar-refractivity contribution is 5.80. The Balaban J connectivity index is 1.66. The van der Waals surface area contributed by atoms with E-state index in [2.05, 4.69) is 61.8 Å². The van der Waals surface area contributed by atoms with Crippen molar-refractivity contribution in [2.75, 3.05) is 32.7 Å². The van der Waals surface area contributed by atoms with Crippen LogP contribution in [0.2, 0.25) is 0 Å². The Morgan fingerprint density at radius 2 is 1.74 bits per heavy atom. The van der Waals surface area contributed by atoms with Gasteiger partial charge in [-0.1, -0.05) is 37.3 Å². The van der Waals surface area contributed by atoms with Gasteiger partial charge < -0.3 is 9.80 Å². The molecule has 0 spiro atoms. The lowest BCUT2D eigenvalue weighted by molar-refractivity contribution is -0.140. The van der Waals surface area contributed by atoms with Crippen LogP contribution in [0.4, 0.5) is 0 Å². The predicted octanol–water partition coefficient (Wildman–Crippen LogP) is 3.97. The molecule has 5 nitrogen and oxygen atoms in total. The maximum absolute atomic E-state index is 13.3. The van der Waals surface area contributed by atoms with E-state index in [1.54, 1.807) is 0 Å². The summed E-state index contributed by atoms with van der Waals surface area (Å²) in [7, 11) is 0. The fourth-order valence-electron chi connectivity index (χ4n) is 5.03. The van der Waals surface area contributed by atoms with Crippen molar-refractivity contribution in [2.24, 2.45) is 5.92 Å². The fourth-order valence-corrected chi connectivity index (χ4v) is 5.03. The van der Waals surface area contributed by atoms with E-state index in [0.29, 0.717) is 19.5 Å². The molecular formula is C26H41N3O2. The van der Waals surface area contributed by atoms with Gasteiger partial charge in [0.15, 0.2) is 0 Å². The van der Waals surface area contributed by atoms with Crippen molar-refractivity contribution in [3.05, 3.63) is 35.9 Å². The van der Waals surface area contributed by atoms with Gasteiger partial charge in [0.1, 0.15) is 0 Å². The zero-order chi connectivity index (χ0) is 22.4. The molecule has 1 aromatic rings. The van der Waals surface area contributed by atoms with Crippen LogP contribution in [0.1, 0.15) is 65.4 Å². The molecule has 0 radical (unpaired) electrons. The van der Waals surface area contributed by atoms with Gasteiger partial charge in [-0.15, -0.1) is 0 Å². The number of carbonyl (C=O) groups excluding carboxylic acids is 2. The third-order valence-corrected chi connectivity index (χ3v) is 6.91. The van der Waals surface area contributed by atoms with Crippen LogP contribution in [0.5, 0.6) is 0 Å². The first-order valence-electron chi connectivity index (χ1n) is 12.2. The highest BCUT2D eigenvalue weighted by atomic mass is 16.2. The molecule has 1 aromatic carbocycles. The molecule has 2 unspecified atom stereocenters. The smallest absolute Gasteiger partial charge is 0.227 e. The molecule has 172 valence electrons. The summed E-state index contributed by atoms with van der Waals surface area (Å²) in [6.07, 6.45) is 5.19. The van der Waals surface area contributed by atoms with Gasteiger partial charge in [0, 0.05) is 44.2 Å². The normalized spacial score (nSPS) is 23.5. The average Bonchev–Trinajstić information content (AvgIpc) is 3.21. The largest absolute Gasteiger partial charge is 0.341 e. The standard InChI is InChI=1S/C26H41N3O2/c1-5-10-24(30)29-18-17-27(25(31)22-14-16-28(20-22)26(2,3)4)15-9-13-23(29)19-21-11-7-6-8-12-21/h6-8,11-12,22-23H,5,9-10,13-20H2,1-4H3. The summed E-state index contributed by atoms with van der Waals surface area (Å²) in [5.74, 6) is 0.618. The van der Waals surface area contributed by atoms with Crippen molar-refractivity contribution >= 4 is 11.8 Å². The number of hydrogen-bond acceptors (Lipinski definition) is 3. The fraction of sp³-hybridized carbons (Fsp3) is 0.692. The maximum atomic E-state index is 13.3. The Hall–Kier alpha value is -1.88. The molecule has 2 amide bonds. The molecule has 31 heavy (non-hydrogen) atoms. The summed E-state index contributed by atoms with van der Waals surface area (Å²) in [5, 5.41) is 0. The van der Waals surface area contributed by atoms with Gasteiger partial charge in [0.25, 0.3) is 0 Å². The molecule has 0 bridgehead atoms. The van der Waals surface area contributed by atoms with Crippen molar-refractivity contribution < 1.29 is 9.59 Å². The van der Waals surface area contributed by atoms with E-state index < -0.39 is 0 Å². The van der Waals surface area contributed by atoms with Crippen molar-refractivity contribution in [2.45, 2.75) is 77.8 Å². The lowest BCUT2D eigenvalue weighted by Gasteiger charge is -2.38. The third kappa shape index (κ3) is 6.31. The number of amides is 2. The first kappa shape index (κ1) is 23.8. The Morgan fingerprint density at radius 1 is 1.00 bits per heavy atom. The first-order chi connectivity index (χ1) is 14.8. The number of nitrogens with zero attached hydrogens (tertiary/aromatic N) is 3. The predicted molar refractivity (Wildman–Crippen MR) is 126 cm³/mol. The van der Waals surface area contributed by atoms with Crippen LogP contribution in [-0.2, 0) is 16.0 Å². The van der Waals surface area contributed by atoms with Crippen LogP contribution in [-0.4, -0.2) is 70.8 Å². The summed E-state index contributed by atoms with van der Waals surface area (Å²) < 4.78 is 0. The second-order valence-electron chi connectivity index (χ2n) is 10.3. The van der Waals surface area contributed by atoms with E-state index in [-0.39, 0.29) is 29.3 Å². The van der Waals surface area contributed by atoms with Crippen molar-refractivity contribution in [3.63, 3.8) is 0 Å². The molecule has 0 N–H and O–H groups in total. The SMILES string of the molecule is CCCC(=O)N1CCN(C(=O)C2CCN(C(C)(C)C)C2)CCCC1Cc1ccccc1. The minimum atomic E-state index is 0.0959. The highest BCUT2D eigenvalue weighted by Gasteiger charge is 2.36. The van der Waals surface area contributed by atoms with Gasteiger partial charge in [-0.05, 0) is 65.0 Å². The zero-order valence-electron chi connectivity index (χ0n) is 20.0. The van der Waals surface area contributed by atoms with Crippen LogP contribution >= 0.6 is 0 Å². The Kier molecular flexibility index (Phi) is 8.15. The lowest BCUT2D eigenvalue weighted by Crippen LogP contribution is -2.50. The molecule has 0 aromatic heterocycles. The Labute approximate surface area is 188 Å². The highest BCUT2D eigenvalue weighted by Crippen LogP contribution is 2.27. The summed E-state index contributed by atoms with van der Waals surface area (Å²) >= 11 is 0. The number of rotatable bonds is 5. The van der Waals surface area contributed by atoms with Gasteiger partial charge in [-0.3, -0.25) is 14.5 Å². The molecule has 2 saturated heterocycles. The van der Waals surface area contributed by atoms with Crippen LogP contribution in [0.15, 0.2) is 30.3 Å². The van der Waals surface area contributed by atoms with E-state index in [0.717, 1.165) is 51.7 Å². The van der Waals surface area contributed by atoms with Crippen LogP contribution in [0.3, 0.4) is 0 Å². The lowest BCUT2D eigenvalue weighted by atomic mass is 9.98. The van der Waals surface area contributed by atoms with Gasteiger partial charge in [-0.2, -0.15) is 0 Å². The molecule has 2 aliphatic rings. The maximum Gasteiger partial charge on any atom is 0.227 e. The minimum absolute atomic E-state index is 0.0959. The minimum Gasteiger partial charge on any atom is -0.341 e. The van der Waals surface area contributed by atoms with Crippen LogP contribution < -0.4 is 0 Å². The van der Waals surface area contributed by atoms with E-state index in [1.165, 1.54) is 5.56 Å². The molecule has 2 atom stereocenters. The van der Waals surface area contributed by atoms with Crippen molar-refractivity contribution in [3.8, 4) is 0 Å². The monoisotopic (exact) mass is 427 g/mol. The van der Waals surface area contributed by atoms with Gasteiger partial charge >= 0.3 is 0 Å². The van der Waals surface area contributed by atoms with Gasteiger partial charge in [0.05, 0.1) is 5.92 Å². The number of likely N-dealkylation sites (tertiary alicyclic amines) is 1. The molecule has 2 heterocycles. The Morgan fingerprint density at radius 3 is 2.39 bits per heavy atom. The molecule has 3 rings (SSSR count). The molecule has 2 aliphatic heterocycles. The molecular weight excluding hydrogens is 386 g/mol. The number of hydrogen-bond donors (Lipinski definition) is 0. The topological polar surface area (TPSA) is 43.9 Å². The van der Waals surface area contributed by atoms with E-state index in [1.807, 2.05) is 11.0 Å². The second kappa shape index (κ2) is 10.6. The van der Waals surface area contributed by atoms with E-state index in [9.17, 15) is 9.59 Å². The summed E-state index contributed by atoms with van der Waals surface area (Å²) in [5.41, 5.74) is 1.39. The Bertz CT molecular complexity index is 728. The average molecular weight is 428 g/mol. The van der Waals surface area contributed by atoms with Gasteiger partial charge in [0.2, 0.25) is 11.8 Å². The van der Waals surface area contributed by atoms with E-state index in [4.69, 9.17) is 0 Å². The summed E-state index contributed by atoms with van der Waals surface area (Å²) in [6.45, 7) is 12.7. The summed E-state index contributed by atoms with van der Waals surface area (Å²) in [6, 6.07) is 10.7. The van der Waals surface area contributed by atoms with Crippen molar-refractivity contribution in [1.29, 1.82) is 0 Å². The summed E-state index contributed by atoms with van der Waals surface area (Å²) in [4.78, 5) is 32.8. The number of benzene rings is 1. The van der Waals surface area contributed by atoms with E-state index >= 15 is 0 Å². The molecule has 0 aliphatic carbocycles. The zero-order valence-corrected chi connectivity index (χ0v) is 20.0. The first-order valence-corrected chi connectivity index (χ1v) is 12.2. The van der Waals surface area contributed by atoms with Crippen molar-refractivity contribution in [1.82, 2.24) is 14.7 Å². The molecule has 5 heteroatoms. The van der Waals surface area contributed by atoms with Crippen LogP contribution in [0, 0.1) is 5.92 Å². The second-order valence-corrected chi connectivity index (χ2v) is 10.3. The molecule has 0 saturated carbocycles.